The first-order valence-corrected chi connectivity index (χ1v) is 15.0. The molecule has 1 fully saturated rings. The van der Waals surface area contributed by atoms with Crippen molar-refractivity contribution >= 4 is 0 Å². The Morgan fingerprint density at radius 2 is 0.709 bits per heavy atom. The molecule has 2 bridgehead atoms. The minimum absolute atomic E-state index is 0.202. The van der Waals surface area contributed by atoms with Crippen LogP contribution in [0.1, 0.15) is 51.4 Å². The summed E-state index contributed by atoms with van der Waals surface area (Å²) in [5.41, 5.74) is -25.2. The van der Waals surface area contributed by atoms with Crippen molar-refractivity contribution in [2.24, 2.45) is 23.7 Å². The van der Waals surface area contributed by atoms with E-state index in [1.165, 1.54) is 6.08 Å². The van der Waals surface area contributed by atoms with Crippen molar-refractivity contribution < 1.29 is 125 Å². The summed E-state index contributed by atoms with van der Waals surface area (Å²) in [5, 5.41) is 28.6. The molecule has 55 heavy (non-hydrogen) atoms. The highest BCUT2D eigenvalue weighted by Gasteiger charge is 2.77. The fraction of sp³-hybridized carbons (Fsp3) is 0.926. The molecule has 0 amide bonds. The maximum atomic E-state index is 14.5. The Balaban J connectivity index is 2.88. The number of allylic oxidation sites excluding steroid dienone is 1. The number of ether oxygens (including phenoxy) is 1. The van der Waals surface area contributed by atoms with Gasteiger partial charge in [0.05, 0.1) is 6.10 Å². The summed E-state index contributed by atoms with van der Waals surface area (Å²) in [5.74, 6) is -9.93. The van der Waals surface area contributed by atoms with E-state index < -0.39 is 147 Å². The fourth-order valence-electron chi connectivity index (χ4n) is 6.56. The summed E-state index contributed by atoms with van der Waals surface area (Å²) >= 11 is 0. The molecule has 326 valence electrons. The number of hydrogen-bond acceptors (Lipinski definition) is 4. The number of aliphatic hydroxyl groups is 3. The lowest BCUT2D eigenvalue weighted by Crippen LogP contribution is -2.63. The van der Waals surface area contributed by atoms with Crippen LogP contribution >= 0.6 is 0 Å². The van der Waals surface area contributed by atoms with E-state index in [0.29, 0.717) is 0 Å². The summed E-state index contributed by atoms with van der Waals surface area (Å²) in [7, 11) is 0. The second-order valence-electron chi connectivity index (χ2n) is 13.5. The topological polar surface area (TPSA) is 69.9 Å². The summed E-state index contributed by atoms with van der Waals surface area (Å²) in [4.78, 5) is 0. The van der Waals surface area contributed by atoms with Gasteiger partial charge in [-0.25, -0.2) is 0 Å². The average molecular weight is 870 g/mol. The molecule has 28 heteroatoms. The van der Waals surface area contributed by atoms with Crippen LogP contribution in [0.2, 0.25) is 0 Å². The van der Waals surface area contributed by atoms with Gasteiger partial charge in [-0.05, 0) is 69.1 Å². The zero-order valence-corrected chi connectivity index (χ0v) is 26.5. The highest BCUT2D eigenvalue weighted by atomic mass is 19.4. The van der Waals surface area contributed by atoms with Crippen molar-refractivity contribution in [3.8, 4) is 0 Å². The monoisotopic (exact) mass is 870 g/mol. The highest BCUT2D eigenvalue weighted by Crippen LogP contribution is 2.58. The summed E-state index contributed by atoms with van der Waals surface area (Å²) in [6.07, 6.45) is -76.7. The first-order chi connectivity index (χ1) is 23.9. The molecule has 1 saturated carbocycles. The molecule has 4 nitrogen and oxygen atoms in total. The molecular weight excluding hydrogens is 844 g/mol. The number of fused-ring (bicyclic) bond motifs is 2. The zero-order valence-electron chi connectivity index (χ0n) is 26.5. The molecule has 0 aromatic heterocycles. The molecule has 0 heterocycles. The average Bonchev–Trinajstić information content (AvgIpc) is 3.53. The largest absolute Gasteiger partial charge is 0.426 e. The van der Waals surface area contributed by atoms with Crippen molar-refractivity contribution in [1.82, 2.24) is 0 Å². The van der Waals surface area contributed by atoms with E-state index in [4.69, 9.17) is 0 Å². The Labute approximate surface area is 291 Å². The molecule has 4 unspecified atom stereocenters. The van der Waals surface area contributed by atoms with Gasteiger partial charge in [0.1, 0.15) is 0 Å². The molecule has 2 aliphatic carbocycles. The molecule has 2 aliphatic rings. The Hall–Kier alpha value is -2.10. The summed E-state index contributed by atoms with van der Waals surface area (Å²) in [6.45, 7) is 0. The molecule has 2 rings (SSSR count). The van der Waals surface area contributed by atoms with E-state index in [0.717, 1.165) is 6.08 Å². The van der Waals surface area contributed by atoms with Crippen molar-refractivity contribution in [3.05, 3.63) is 12.2 Å². The molecule has 0 radical (unpaired) electrons. The third kappa shape index (κ3) is 9.46. The molecule has 0 aliphatic heterocycles. The molecule has 3 N–H and O–H groups in total. The van der Waals surface area contributed by atoms with E-state index in [1.807, 2.05) is 0 Å². The third-order valence-electron chi connectivity index (χ3n) is 9.61. The van der Waals surface area contributed by atoms with Gasteiger partial charge in [0.15, 0.2) is 0 Å². The van der Waals surface area contributed by atoms with E-state index in [9.17, 15) is 121 Å². The number of hydrogen-bond donors (Lipinski definition) is 3. The minimum Gasteiger partial charge on any atom is -0.374 e. The zero-order chi connectivity index (χ0) is 43.7. The van der Waals surface area contributed by atoms with Crippen LogP contribution in [0.3, 0.4) is 0 Å². The summed E-state index contributed by atoms with van der Waals surface area (Å²) in [6, 6.07) is 0. The predicted octanol–water partition coefficient (Wildman–Crippen LogP) is 9.97. The number of alkyl halides is 24. The Kier molecular flexibility index (Phi) is 13.0. The molecule has 0 aromatic rings. The number of rotatable bonds is 13. The molecule has 0 aromatic carbocycles. The van der Waals surface area contributed by atoms with Gasteiger partial charge >= 0.3 is 49.4 Å². The first-order valence-electron chi connectivity index (χ1n) is 15.0. The van der Waals surface area contributed by atoms with Crippen LogP contribution in [0.4, 0.5) is 105 Å². The van der Waals surface area contributed by atoms with E-state index in [1.54, 1.807) is 0 Å². The molecular formula is C27H26F24O4. The van der Waals surface area contributed by atoms with Crippen LogP contribution in [0.25, 0.3) is 0 Å². The summed E-state index contributed by atoms with van der Waals surface area (Å²) < 4.78 is 334. The van der Waals surface area contributed by atoms with Gasteiger partial charge in [0.25, 0.3) is 22.4 Å². The fourth-order valence-corrected chi connectivity index (χ4v) is 6.56. The van der Waals surface area contributed by atoms with Crippen LogP contribution in [-0.2, 0) is 4.74 Å². The number of halogens is 24. The lowest BCUT2D eigenvalue weighted by molar-refractivity contribution is -0.400. The van der Waals surface area contributed by atoms with Crippen molar-refractivity contribution in [3.63, 3.8) is 0 Å². The van der Waals surface area contributed by atoms with Gasteiger partial charge in [0.2, 0.25) is 0 Å². The van der Waals surface area contributed by atoms with Crippen LogP contribution in [-0.4, -0.2) is 93.2 Å². The van der Waals surface area contributed by atoms with E-state index >= 15 is 0 Å². The van der Waals surface area contributed by atoms with Crippen molar-refractivity contribution in [1.29, 1.82) is 0 Å². The van der Waals surface area contributed by atoms with Crippen LogP contribution < -0.4 is 0 Å². The predicted molar refractivity (Wildman–Crippen MR) is 131 cm³/mol. The maximum Gasteiger partial charge on any atom is 0.426 e. The minimum atomic E-state index is -7.16. The van der Waals surface area contributed by atoms with Gasteiger partial charge in [0, 0.05) is 5.92 Å². The van der Waals surface area contributed by atoms with Gasteiger partial charge < -0.3 is 20.1 Å². The highest BCUT2D eigenvalue weighted by molar-refractivity contribution is 5.13. The van der Waals surface area contributed by atoms with E-state index in [-0.39, 0.29) is 6.42 Å². The van der Waals surface area contributed by atoms with Crippen molar-refractivity contribution in [2.45, 2.75) is 129 Å². The molecule has 0 spiro atoms. The smallest absolute Gasteiger partial charge is 0.374 e. The second-order valence-corrected chi connectivity index (χ2v) is 13.5. The Bertz CT molecular complexity index is 1230. The molecule has 0 saturated heterocycles. The van der Waals surface area contributed by atoms with Gasteiger partial charge in [-0.3, -0.25) is 0 Å². The van der Waals surface area contributed by atoms with Crippen molar-refractivity contribution in [2.75, 3.05) is 0 Å². The second kappa shape index (κ2) is 14.6. The van der Waals surface area contributed by atoms with Crippen LogP contribution in [0.5, 0.6) is 0 Å². The van der Waals surface area contributed by atoms with Crippen LogP contribution in [0, 0.1) is 23.7 Å². The standard InChI is InChI=1S/C27H26F24O4/c28-20(29,30)16(52,21(31,32)33)7-12(8-17(53,22(34,35)36)23(37,38)39)1-2-13(9-18(54,24(40,41)42)25(43,44)45)10-19(26(46,47)48,27(49,50)51)55-15-6-11-3-4-14(15)5-11/h3-4,11-15,52-54H,1-2,5-10H2. The first kappa shape index (κ1) is 49.0. The van der Waals surface area contributed by atoms with Crippen LogP contribution in [0.15, 0.2) is 12.2 Å². The SMILES string of the molecule is OC(CC(CCC(CC(O)(C(F)(F)F)C(F)(F)F)CC(OC1CC2C=CC1C2)(C(F)(F)F)C(F)(F)F)CC(O)(C(F)(F)F)C(F)(F)F)(C(F)(F)F)C(F)(F)F. The van der Waals surface area contributed by atoms with Gasteiger partial charge in [-0.1, -0.05) is 12.2 Å². The Morgan fingerprint density at radius 1 is 0.418 bits per heavy atom. The third-order valence-corrected chi connectivity index (χ3v) is 9.61. The lowest BCUT2D eigenvalue weighted by atomic mass is 9.74. The maximum absolute atomic E-state index is 14.5. The molecule has 4 atom stereocenters. The quantitative estimate of drug-likeness (QED) is 0.127. The lowest BCUT2D eigenvalue weighted by Gasteiger charge is -2.44. The van der Waals surface area contributed by atoms with Gasteiger partial charge in [-0.2, -0.15) is 105 Å². The van der Waals surface area contributed by atoms with Gasteiger partial charge in [-0.15, -0.1) is 0 Å². The normalized spacial score (nSPS) is 22.3. The van der Waals surface area contributed by atoms with E-state index in [2.05, 4.69) is 4.74 Å². The Morgan fingerprint density at radius 3 is 0.927 bits per heavy atom.